The summed E-state index contributed by atoms with van der Waals surface area (Å²) in [7, 11) is -3.76. The number of nitrogens with one attached hydrogen (secondary N) is 1. The molecule has 4 saturated carbocycles. The fourth-order valence-electron chi connectivity index (χ4n) is 6.43. The molecule has 0 heterocycles. The zero-order valence-corrected chi connectivity index (χ0v) is 19.9. The summed E-state index contributed by atoms with van der Waals surface area (Å²) >= 11 is 0. The molecule has 0 amide bonds. The highest BCUT2D eigenvalue weighted by Gasteiger charge is 2.49. The molecule has 1 N–H and O–H groups in total. The van der Waals surface area contributed by atoms with Crippen LogP contribution in [0.25, 0.3) is 0 Å². The van der Waals surface area contributed by atoms with Crippen LogP contribution in [-0.2, 0) is 20.2 Å². The van der Waals surface area contributed by atoms with Crippen molar-refractivity contribution in [2.45, 2.75) is 89.0 Å². The van der Waals surface area contributed by atoms with Gasteiger partial charge < -0.3 is 0 Å². The highest BCUT2D eigenvalue weighted by Crippen LogP contribution is 2.57. The van der Waals surface area contributed by atoms with E-state index in [-0.39, 0.29) is 16.1 Å². The van der Waals surface area contributed by atoms with Gasteiger partial charge in [-0.15, -0.1) is 0 Å². The van der Waals surface area contributed by atoms with E-state index in [0.29, 0.717) is 24.2 Å². The molecule has 4 bridgehead atoms. The predicted molar refractivity (Wildman–Crippen MR) is 120 cm³/mol. The molecule has 0 unspecified atom stereocenters. The number of carbonyl (C=O) groups excluding carboxylic acids is 1. The van der Waals surface area contributed by atoms with Gasteiger partial charge in [-0.05, 0) is 98.7 Å². The molecule has 4 aliphatic carbocycles. The zero-order chi connectivity index (χ0) is 21.9. The maximum atomic E-state index is 13.2. The highest BCUT2D eigenvalue weighted by atomic mass is 32.2. The second-order valence-corrected chi connectivity index (χ2v) is 13.4. The topological polar surface area (TPSA) is 63.2 Å². The zero-order valence-electron chi connectivity index (χ0n) is 19.1. The van der Waals surface area contributed by atoms with Gasteiger partial charge in [0.1, 0.15) is 0 Å². The summed E-state index contributed by atoms with van der Waals surface area (Å²) < 4.78 is 28.7. The number of hydrogen-bond donors (Lipinski definition) is 1. The summed E-state index contributed by atoms with van der Waals surface area (Å²) in [4.78, 5) is 13.4. The molecule has 1 aromatic carbocycles. The van der Waals surface area contributed by atoms with Crippen molar-refractivity contribution in [1.29, 1.82) is 0 Å². The Morgan fingerprint density at radius 2 is 1.40 bits per heavy atom. The van der Waals surface area contributed by atoms with E-state index in [1.165, 1.54) is 32.1 Å². The van der Waals surface area contributed by atoms with Crippen molar-refractivity contribution in [2.24, 2.45) is 29.6 Å². The minimum atomic E-state index is -3.76. The van der Waals surface area contributed by atoms with E-state index in [0.717, 1.165) is 17.4 Å². The van der Waals surface area contributed by atoms with E-state index in [2.05, 4.69) is 25.5 Å². The monoisotopic (exact) mass is 431 g/mol. The Morgan fingerprint density at radius 1 is 0.900 bits per heavy atom. The van der Waals surface area contributed by atoms with Crippen molar-refractivity contribution in [3.8, 4) is 0 Å². The van der Waals surface area contributed by atoms with E-state index in [1.807, 2.05) is 12.1 Å². The van der Waals surface area contributed by atoms with Gasteiger partial charge in [-0.25, -0.2) is 8.42 Å². The second-order valence-electron chi connectivity index (χ2n) is 11.7. The molecule has 166 valence electrons. The molecule has 0 radical (unpaired) electrons. The molecular formula is C25H37NO3S. The maximum absolute atomic E-state index is 13.2. The first-order valence-corrected chi connectivity index (χ1v) is 13.0. The fourth-order valence-corrected chi connectivity index (χ4v) is 7.82. The van der Waals surface area contributed by atoms with Crippen LogP contribution in [0.3, 0.4) is 0 Å². The van der Waals surface area contributed by atoms with Crippen molar-refractivity contribution in [3.05, 3.63) is 29.8 Å². The minimum Gasteiger partial charge on any atom is -0.298 e. The van der Waals surface area contributed by atoms with Crippen LogP contribution in [0.2, 0.25) is 0 Å². The summed E-state index contributed by atoms with van der Waals surface area (Å²) in [6.07, 6.45) is 7.00. The van der Waals surface area contributed by atoms with Crippen molar-refractivity contribution in [1.82, 2.24) is 4.72 Å². The summed E-state index contributed by atoms with van der Waals surface area (Å²) in [5, 5.41) is 0. The predicted octanol–water partition coefficient (Wildman–Crippen LogP) is 5.07. The molecular weight excluding hydrogens is 394 g/mol. The highest BCUT2D eigenvalue weighted by molar-refractivity contribution is 7.89. The normalized spacial score (nSPS) is 31.2. The average Bonchev–Trinajstić information content (AvgIpc) is 2.62. The molecule has 5 heteroatoms. The Labute approximate surface area is 182 Å². The number of benzene rings is 1. The standard InChI is InChI=1S/C25H37NO3S/c1-24(2,3)20-6-8-21(9-7-20)30(28,29)26-25(4,5)23(27)15-22-18-11-16-10-17(13-18)14-19(22)12-16/h6-9,16-19,22,26H,10-15H2,1-5H3. The molecule has 0 atom stereocenters. The van der Waals surface area contributed by atoms with Gasteiger partial charge in [0, 0.05) is 6.42 Å². The van der Waals surface area contributed by atoms with Crippen LogP contribution in [-0.4, -0.2) is 19.7 Å². The molecule has 4 aliphatic rings. The Bertz CT molecular complexity index is 881. The van der Waals surface area contributed by atoms with Crippen LogP contribution >= 0.6 is 0 Å². The first kappa shape index (κ1) is 22.0. The lowest BCUT2D eigenvalue weighted by atomic mass is 9.51. The van der Waals surface area contributed by atoms with Gasteiger partial charge in [0.05, 0.1) is 10.4 Å². The number of hydrogen-bond acceptors (Lipinski definition) is 3. The molecule has 0 aliphatic heterocycles. The number of sulfonamides is 1. The Morgan fingerprint density at radius 3 is 1.87 bits per heavy atom. The van der Waals surface area contributed by atoms with Crippen LogP contribution in [0.4, 0.5) is 0 Å². The lowest BCUT2D eigenvalue weighted by Gasteiger charge is -2.54. The molecule has 4 fully saturated rings. The van der Waals surface area contributed by atoms with Gasteiger partial charge in [-0.3, -0.25) is 4.79 Å². The van der Waals surface area contributed by atoms with Crippen molar-refractivity contribution < 1.29 is 13.2 Å². The first-order valence-electron chi connectivity index (χ1n) is 11.5. The van der Waals surface area contributed by atoms with Gasteiger partial charge in [0.25, 0.3) is 0 Å². The smallest absolute Gasteiger partial charge is 0.241 e. The molecule has 5 rings (SSSR count). The third-order valence-electron chi connectivity index (χ3n) is 7.96. The summed E-state index contributed by atoms with van der Waals surface area (Å²) in [5.41, 5.74) is -0.0570. The second kappa shape index (κ2) is 7.44. The van der Waals surface area contributed by atoms with E-state index < -0.39 is 15.6 Å². The van der Waals surface area contributed by atoms with Crippen LogP contribution in [0.15, 0.2) is 29.2 Å². The van der Waals surface area contributed by atoms with Crippen molar-refractivity contribution in [2.75, 3.05) is 0 Å². The Kier molecular flexibility index (Phi) is 5.46. The fraction of sp³-hybridized carbons (Fsp3) is 0.720. The van der Waals surface area contributed by atoms with Gasteiger partial charge in [0.15, 0.2) is 5.78 Å². The third kappa shape index (κ3) is 4.25. The molecule has 4 nitrogen and oxygen atoms in total. The summed E-state index contributed by atoms with van der Waals surface area (Å²) in [6, 6.07) is 7.00. The lowest BCUT2D eigenvalue weighted by Crippen LogP contribution is -2.52. The van der Waals surface area contributed by atoms with Gasteiger partial charge >= 0.3 is 0 Å². The molecule has 1 aromatic rings. The molecule has 30 heavy (non-hydrogen) atoms. The van der Waals surface area contributed by atoms with Crippen LogP contribution < -0.4 is 4.72 Å². The number of rotatable bonds is 6. The largest absolute Gasteiger partial charge is 0.298 e. The first-order chi connectivity index (χ1) is 13.8. The summed E-state index contributed by atoms with van der Waals surface area (Å²) in [5.74, 6) is 3.56. The van der Waals surface area contributed by atoms with Crippen LogP contribution in [0.1, 0.15) is 78.7 Å². The van der Waals surface area contributed by atoms with E-state index in [1.54, 1.807) is 26.0 Å². The number of ketones is 1. The Hall–Kier alpha value is -1.20. The molecule has 0 spiro atoms. The van der Waals surface area contributed by atoms with Crippen molar-refractivity contribution in [3.63, 3.8) is 0 Å². The van der Waals surface area contributed by atoms with Gasteiger partial charge in [-0.1, -0.05) is 32.9 Å². The lowest BCUT2D eigenvalue weighted by molar-refractivity contribution is -0.128. The SMILES string of the molecule is CC(C)(NS(=O)(=O)c1ccc(C(C)(C)C)cc1)C(=O)CC1C2CC3CC(C2)CC1C3. The van der Waals surface area contributed by atoms with E-state index >= 15 is 0 Å². The number of carbonyl (C=O) groups is 1. The van der Waals surface area contributed by atoms with E-state index in [4.69, 9.17) is 0 Å². The average molecular weight is 432 g/mol. The quantitative estimate of drug-likeness (QED) is 0.684. The van der Waals surface area contributed by atoms with Gasteiger partial charge in [-0.2, -0.15) is 4.72 Å². The van der Waals surface area contributed by atoms with Crippen LogP contribution in [0, 0.1) is 29.6 Å². The summed E-state index contributed by atoms with van der Waals surface area (Å²) in [6.45, 7) is 9.72. The Balaban J connectivity index is 1.44. The maximum Gasteiger partial charge on any atom is 0.241 e. The van der Waals surface area contributed by atoms with Crippen molar-refractivity contribution >= 4 is 15.8 Å². The molecule has 0 saturated heterocycles. The molecule has 0 aromatic heterocycles. The number of Topliss-reactive ketones (excluding diaryl/α,β-unsaturated/α-hetero) is 1. The van der Waals surface area contributed by atoms with Crippen LogP contribution in [0.5, 0.6) is 0 Å². The third-order valence-corrected chi connectivity index (χ3v) is 9.63. The van der Waals surface area contributed by atoms with E-state index in [9.17, 15) is 13.2 Å². The van der Waals surface area contributed by atoms with Gasteiger partial charge in [0.2, 0.25) is 10.0 Å². The minimum absolute atomic E-state index is 0.0230.